The number of nitro groups is 1. The summed E-state index contributed by atoms with van der Waals surface area (Å²) in [6.45, 7) is 1.89. The van der Waals surface area contributed by atoms with E-state index in [-0.39, 0.29) is 16.3 Å². The molecular formula is C16H16ClNO4S2. The van der Waals surface area contributed by atoms with E-state index in [0.29, 0.717) is 5.75 Å². The van der Waals surface area contributed by atoms with E-state index in [9.17, 15) is 18.5 Å². The van der Waals surface area contributed by atoms with Crippen LogP contribution in [-0.4, -0.2) is 30.2 Å². The summed E-state index contributed by atoms with van der Waals surface area (Å²) in [6.07, 6.45) is 0. The van der Waals surface area contributed by atoms with Crippen molar-refractivity contribution in [1.82, 2.24) is 0 Å². The second-order valence-corrected chi connectivity index (χ2v) is 9.00. The van der Waals surface area contributed by atoms with Gasteiger partial charge in [0.2, 0.25) is 0 Å². The third kappa shape index (κ3) is 5.22. The standard InChI is InChI=1S/C16H16ClNO4S2/c1-12-2-8-16(9-3-12)24(21,22)11-13(17)10-23-15-6-4-14(5-7-15)18(19)20/h2-9,13H,10-11H2,1H3/t13-/m1/s1. The highest BCUT2D eigenvalue weighted by Crippen LogP contribution is 2.24. The number of thioether (sulfide) groups is 1. The third-order valence-electron chi connectivity index (χ3n) is 3.26. The number of non-ortho nitro benzene ring substituents is 1. The number of benzene rings is 2. The molecule has 0 amide bonds. The molecule has 0 fully saturated rings. The number of alkyl halides is 1. The summed E-state index contributed by atoms with van der Waals surface area (Å²) in [7, 11) is -3.43. The Hall–Kier alpha value is -1.57. The molecule has 5 nitrogen and oxygen atoms in total. The SMILES string of the molecule is Cc1ccc(S(=O)(=O)C[C@H](Cl)CSc2ccc([N+](=O)[O-])cc2)cc1. The number of aryl methyl sites for hydroxylation is 1. The third-order valence-corrected chi connectivity index (χ3v) is 6.94. The van der Waals surface area contributed by atoms with Crippen LogP contribution < -0.4 is 0 Å². The summed E-state index contributed by atoms with van der Waals surface area (Å²) in [5, 5.41) is 10.0. The highest BCUT2D eigenvalue weighted by atomic mass is 35.5. The van der Waals surface area contributed by atoms with Gasteiger partial charge in [-0.05, 0) is 31.2 Å². The van der Waals surface area contributed by atoms with Crippen molar-refractivity contribution in [3.8, 4) is 0 Å². The molecule has 0 saturated heterocycles. The van der Waals surface area contributed by atoms with Crippen LogP contribution in [-0.2, 0) is 9.84 Å². The lowest BCUT2D eigenvalue weighted by molar-refractivity contribution is -0.384. The highest BCUT2D eigenvalue weighted by molar-refractivity contribution is 7.99. The van der Waals surface area contributed by atoms with Gasteiger partial charge < -0.3 is 0 Å². The van der Waals surface area contributed by atoms with Crippen LogP contribution >= 0.6 is 23.4 Å². The van der Waals surface area contributed by atoms with Crippen molar-refractivity contribution in [1.29, 1.82) is 0 Å². The summed E-state index contributed by atoms with van der Waals surface area (Å²) in [5.74, 6) is 0.238. The van der Waals surface area contributed by atoms with Crippen LogP contribution in [0.2, 0.25) is 0 Å². The van der Waals surface area contributed by atoms with Gasteiger partial charge in [-0.2, -0.15) is 0 Å². The molecule has 0 radical (unpaired) electrons. The minimum atomic E-state index is -3.43. The molecule has 8 heteroatoms. The molecule has 2 aromatic carbocycles. The van der Waals surface area contributed by atoms with Gasteiger partial charge >= 0.3 is 0 Å². The lowest BCUT2D eigenvalue weighted by Crippen LogP contribution is -2.18. The van der Waals surface area contributed by atoms with E-state index in [1.165, 1.54) is 23.9 Å². The summed E-state index contributed by atoms with van der Waals surface area (Å²) in [5.41, 5.74) is 1.01. The van der Waals surface area contributed by atoms with Crippen molar-refractivity contribution >= 4 is 38.9 Å². The summed E-state index contributed by atoms with van der Waals surface area (Å²) >= 11 is 7.54. The van der Waals surface area contributed by atoms with Crippen LogP contribution in [0.25, 0.3) is 0 Å². The van der Waals surface area contributed by atoms with Gasteiger partial charge in [-0.3, -0.25) is 10.1 Å². The van der Waals surface area contributed by atoms with Crippen LogP contribution in [0.15, 0.2) is 58.3 Å². The van der Waals surface area contributed by atoms with Crippen molar-refractivity contribution in [2.24, 2.45) is 0 Å². The Morgan fingerprint density at radius 2 is 1.71 bits per heavy atom. The van der Waals surface area contributed by atoms with Gasteiger partial charge in [0, 0.05) is 22.8 Å². The molecule has 0 saturated carbocycles. The van der Waals surface area contributed by atoms with Crippen LogP contribution in [0.4, 0.5) is 5.69 Å². The number of nitrogens with zero attached hydrogens (tertiary/aromatic N) is 1. The first-order valence-corrected chi connectivity index (χ1v) is 10.2. The predicted molar refractivity (Wildman–Crippen MR) is 96.7 cm³/mol. The number of nitro benzene ring substituents is 1. The van der Waals surface area contributed by atoms with Gasteiger partial charge in [-0.25, -0.2) is 8.42 Å². The molecular weight excluding hydrogens is 370 g/mol. The minimum Gasteiger partial charge on any atom is -0.258 e. The quantitative estimate of drug-likeness (QED) is 0.310. The molecule has 0 bridgehead atoms. The Morgan fingerprint density at radius 1 is 1.12 bits per heavy atom. The summed E-state index contributed by atoms with van der Waals surface area (Å²) < 4.78 is 24.6. The topological polar surface area (TPSA) is 77.3 Å². The van der Waals surface area contributed by atoms with Crippen LogP contribution in [0.5, 0.6) is 0 Å². The molecule has 1 atom stereocenters. The minimum absolute atomic E-state index is 0.0173. The lowest BCUT2D eigenvalue weighted by atomic mass is 10.2. The first kappa shape index (κ1) is 18.8. The second-order valence-electron chi connectivity index (χ2n) is 5.25. The Balaban J connectivity index is 1.93. The molecule has 128 valence electrons. The fraction of sp³-hybridized carbons (Fsp3) is 0.250. The van der Waals surface area contributed by atoms with Gasteiger partial charge in [0.05, 0.1) is 20.9 Å². The summed E-state index contributed by atoms with van der Waals surface area (Å²) in [6, 6.07) is 12.7. The van der Waals surface area contributed by atoms with Crippen molar-refractivity contribution in [2.45, 2.75) is 22.1 Å². The molecule has 24 heavy (non-hydrogen) atoms. The molecule has 0 heterocycles. The average molecular weight is 386 g/mol. The van der Waals surface area contributed by atoms with E-state index in [2.05, 4.69) is 0 Å². The van der Waals surface area contributed by atoms with Crippen molar-refractivity contribution in [3.05, 3.63) is 64.2 Å². The van der Waals surface area contributed by atoms with E-state index in [0.717, 1.165) is 10.5 Å². The maximum atomic E-state index is 12.3. The van der Waals surface area contributed by atoms with E-state index in [1.807, 2.05) is 6.92 Å². The maximum Gasteiger partial charge on any atom is 0.269 e. The second kappa shape index (κ2) is 8.00. The average Bonchev–Trinajstić information content (AvgIpc) is 2.53. The zero-order valence-electron chi connectivity index (χ0n) is 12.9. The highest BCUT2D eigenvalue weighted by Gasteiger charge is 2.20. The Labute approximate surface area is 150 Å². The normalized spacial score (nSPS) is 12.8. The summed E-state index contributed by atoms with van der Waals surface area (Å²) in [4.78, 5) is 11.2. The van der Waals surface area contributed by atoms with Crippen LogP contribution in [0.1, 0.15) is 5.56 Å². The molecule has 0 aliphatic heterocycles. The number of hydrogen-bond donors (Lipinski definition) is 0. The monoisotopic (exact) mass is 385 g/mol. The Bertz CT molecular complexity index is 805. The van der Waals surface area contributed by atoms with Crippen LogP contribution in [0, 0.1) is 17.0 Å². The van der Waals surface area contributed by atoms with E-state index in [4.69, 9.17) is 11.6 Å². The molecule has 0 unspecified atom stereocenters. The zero-order chi connectivity index (χ0) is 17.7. The largest absolute Gasteiger partial charge is 0.269 e. The smallest absolute Gasteiger partial charge is 0.258 e. The lowest BCUT2D eigenvalue weighted by Gasteiger charge is -2.10. The molecule has 0 aromatic heterocycles. The molecule has 2 rings (SSSR count). The Kier molecular flexibility index (Phi) is 6.26. The molecule has 2 aromatic rings. The van der Waals surface area contributed by atoms with Crippen LogP contribution in [0.3, 0.4) is 0 Å². The number of halogens is 1. The van der Waals surface area contributed by atoms with Crippen molar-refractivity contribution in [3.63, 3.8) is 0 Å². The van der Waals surface area contributed by atoms with Gasteiger partial charge in [0.25, 0.3) is 5.69 Å². The van der Waals surface area contributed by atoms with E-state index < -0.39 is 20.1 Å². The fourth-order valence-electron chi connectivity index (χ4n) is 1.98. The molecule has 0 N–H and O–H groups in total. The van der Waals surface area contributed by atoms with Crippen molar-refractivity contribution in [2.75, 3.05) is 11.5 Å². The number of rotatable bonds is 7. The molecule has 0 aliphatic carbocycles. The first-order chi connectivity index (χ1) is 11.3. The molecule has 0 spiro atoms. The number of hydrogen-bond acceptors (Lipinski definition) is 5. The first-order valence-electron chi connectivity index (χ1n) is 7.09. The van der Waals surface area contributed by atoms with Gasteiger partial charge in [-0.15, -0.1) is 23.4 Å². The molecule has 0 aliphatic rings. The Morgan fingerprint density at radius 3 is 2.25 bits per heavy atom. The van der Waals surface area contributed by atoms with E-state index >= 15 is 0 Å². The van der Waals surface area contributed by atoms with E-state index in [1.54, 1.807) is 36.4 Å². The predicted octanol–water partition coefficient (Wildman–Crippen LogP) is 4.08. The number of sulfone groups is 1. The van der Waals surface area contributed by atoms with Crippen molar-refractivity contribution < 1.29 is 13.3 Å². The van der Waals surface area contributed by atoms with Gasteiger partial charge in [0.15, 0.2) is 9.84 Å². The zero-order valence-corrected chi connectivity index (χ0v) is 15.3. The fourth-order valence-corrected chi connectivity index (χ4v) is 4.97. The van der Waals surface area contributed by atoms with Gasteiger partial charge in [0.1, 0.15) is 0 Å². The maximum absolute atomic E-state index is 12.3. The van der Waals surface area contributed by atoms with Gasteiger partial charge in [-0.1, -0.05) is 17.7 Å².